The van der Waals surface area contributed by atoms with Crippen LogP contribution in [0.15, 0.2) is 0 Å². The first kappa shape index (κ1) is 9.52. The maximum absolute atomic E-state index is 10.5. The van der Waals surface area contributed by atoms with Gasteiger partial charge in [-0.15, -0.1) is 0 Å². The van der Waals surface area contributed by atoms with Crippen LogP contribution >= 0.6 is 0 Å². The molecule has 3 nitrogen and oxygen atoms in total. The SMILES string of the molecule is CN(C=O)CC1(N(C)C)CCC1. The van der Waals surface area contributed by atoms with Crippen molar-refractivity contribution in [3.63, 3.8) is 0 Å². The van der Waals surface area contributed by atoms with Gasteiger partial charge in [-0.3, -0.25) is 4.79 Å². The number of hydrogen-bond donors (Lipinski definition) is 0. The minimum Gasteiger partial charge on any atom is -0.346 e. The lowest BCUT2D eigenvalue weighted by Crippen LogP contribution is -2.56. The normalized spacial score (nSPS) is 20.3. The molecule has 12 heavy (non-hydrogen) atoms. The fraction of sp³-hybridized carbons (Fsp3) is 0.889. The van der Waals surface area contributed by atoms with Crippen molar-refractivity contribution in [3.8, 4) is 0 Å². The zero-order valence-corrected chi connectivity index (χ0v) is 8.21. The maximum Gasteiger partial charge on any atom is 0.209 e. The molecular formula is C9H18N2O. The number of likely N-dealkylation sites (N-methyl/N-ethyl adjacent to an activating group) is 2. The highest BCUT2D eigenvalue weighted by Crippen LogP contribution is 2.36. The van der Waals surface area contributed by atoms with Crippen LogP contribution in [0.1, 0.15) is 19.3 Å². The third kappa shape index (κ3) is 1.61. The van der Waals surface area contributed by atoms with Crippen molar-refractivity contribution in [2.24, 2.45) is 0 Å². The highest BCUT2D eigenvalue weighted by molar-refractivity contribution is 5.46. The van der Waals surface area contributed by atoms with Crippen molar-refractivity contribution in [2.45, 2.75) is 24.8 Å². The highest BCUT2D eigenvalue weighted by Gasteiger charge is 2.39. The Morgan fingerprint density at radius 2 is 1.92 bits per heavy atom. The quantitative estimate of drug-likeness (QED) is 0.576. The summed E-state index contributed by atoms with van der Waals surface area (Å²) < 4.78 is 0. The van der Waals surface area contributed by atoms with Gasteiger partial charge >= 0.3 is 0 Å². The Labute approximate surface area is 74.3 Å². The molecule has 0 radical (unpaired) electrons. The van der Waals surface area contributed by atoms with Crippen molar-refractivity contribution < 1.29 is 4.79 Å². The van der Waals surface area contributed by atoms with Crippen molar-refractivity contribution >= 4 is 6.41 Å². The summed E-state index contributed by atoms with van der Waals surface area (Å²) in [6.07, 6.45) is 4.64. The lowest BCUT2D eigenvalue weighted by molar-refractivity contribution is -0.119. The topological polar surface area (TPSA) is 23.6 Å². The Hall–Kier alpha value is -0.570. The summed E-state index contributed by atoms with van der Waals surface area (Å²) in [7, 11) is 6.03. The van der Waals surface area contributed by atoms with Crippen LogP contribution in [0.5, 0.6) is 0 Å². The molecule has 0 aromatic carbocycles. The van der Waals surface area contributed by atoms with Crippen LogP contribution in [0.2, 0.25) is 0 Å². The average Bonchev–Trinajstić information content (AvgIpc) is 1.95. The van der Waals surface area contributed by atoms with E-state index in [9.17, 15) is 4.79 Å². The Balaban J connectivity index is 2.50. The second-order valence-electron chi connectivity index (χ2n) is 3.99. The molecule has 0 unspecified atom stereocenters. The van der Waals surface area contributed by atoms with Gasteiger partial charge in [0.2, 0.25) is 6.41 Å². The van der Waals surface area contributed by atoms with Gasteiger partial charge in [-0.25, -0.2) is 0 Å². The third-order valence-corrected chi connectivity index (χ3v) is 2.96. The number of rotatable bonds is 4. The largest absolute Gasteiger partial charge is 0.346 e. The summed E-state index contributed by atoms with van der Waals surface area (Å²) in [5.74, 6) is 0. The average molecular weight is 170 g/mol. The monoisotopic (exact) mass is 170 g/mol. The molecule has 1 fully saturated rings. The van der Waals surface area contributed by atoms with Crippen molar-refractivity contribution in [1.82, 2.24) is 9.80 Å². The van der Waals surface area contributed by atoms with Gasteiger partial charge in [-0.2, -0.15) is 0 Å². The molecule has 0 saturated heterocycles. The maximum atomic E-state index is 10.5. The molecule has 1 aliphatic carbocycles. The lowest BCUT2D eigenvalue weighted by atomic mass is 9.75. The zero-order valence-electron chi connectivity index (χ0n) is 8.21. The predicted molar refractivity (Wildman–Crippen MR) is 49.0 cm³/mol. The molecule has 70 valence electrons. The van der Waals surface area contributed by atoms with E-state index in [2.05, 4.69) is 19.0 Å². The van der Waals surface area contributed by atoms with E-state index in [1.165, 1.54) is 19.3 Å². The first-order valence-electron chi connectivity index (χ1n) is 4.44. The van der Waals surface area contributed by atoms with E-state index in [1.807, 2.05) is 7.05 Å². The molecule has 3 heteroatoms. The third-order valence-electron chi connectivity index (χ3n) is 2.96. The molecule has 1 saturated carbocycles. The minimum atomic E-state index is 0.273. The molecule has 1 amide bonds. The molecule has 0 heterocycles. The molecule has 0 aromatic rings. The molecule has 0 bridgehead atoms. The van der Waals surface area contributed by atoms with Crippen LogP contribution in [0.3, 0.4) is 0 Å². The first-order valence-corrected chi connectivity index (χ1v) is 4.44. The van der Waals surface area contributed by atoms with Gasteiger partial charge in [0.15, 0.2) is 0 Å². The van der Waals surface area contributed by atoms with Crippen molar-refractivity contribution in [3.05, 3.63) is 0 Å². The number of amides is 1. The second-order valence-corrected chi connectivity index (χ2v) is 3.99. The fourth-order valence-electron chi connectivity index (χ4n) is 1.83. The van der Waals surface area contributed by atoms with Gasteiger partial charge in [0.05, 0.1) is 0 Å². The van der Waals surface area contributed by atoms with E-state index in [1.54, 1.807) is 4.90 Å². The Kier molecular flexibility index (Phi) is 2.73. The summed E-state index contributed by atoms with van der Waals surface area (Å²) in [6, 6.07) is 0. The van der Waals surface area contributed by atoms with E-state index in [0.29, 0.717) is 0 Å². The van der Waals surface area contributed by atoms with E-state index in [-0.39, 0.29) is 5.54 Å². The Morgan fingerprint density at radius 3 is 2.17 bits per heavy atom. The summed E-state index contributed by atoms with van der Waals surface area (Å²) in [4.78, 5) is 14.4. The standard InChI is InChI=1S/C9H18N2O/c1-10(2)9(5-4-6-9)7-11(3)8-12/h8H,4-7H2,1-3H3. The molecule has 0 aromatic heterocycles. The first-order chi connectivity index (χ1) is 5.60. The number of hydrogen-bond acceptors (Lipinski definition) is 2. The smallest absolute Gasteiger partial charge is 0.209 e. The van der Waals surface area contributed by atoms with Gasteiger partial charge in [0, 0.05) is 19.1 Å². The van der Waals surface area contributed by atoms with E-state index >= 15 is 0 Å². The summed E-state index contributed by atoms with van der Waals surface area (Å²) in [5.41, 5.74) is 0.273. The molecule has 0 aliphatic heterocycles. The predicted octanol–water partition coefficient (Wildman–Crippen LogP) is 0.559. The van der Waals surface area contributed by atoms with E-state index < -0.39 is 0 Å². The summed E-state index contributed by atoms with van der Waals surface area (Å²) >= 11 is 0. The van der Waals surface area contributed by atoms with Gasteiger partial charge in [-0.1, -0.05) is 0 Å². The highest BCUT2D eigenvalue weighted by atomic mass is 16.1. The van der Waals surface area contributed by atoms with Crippen molar-refractivity contribution in [1.29, 1.82) is 0 Å². The van der Waals surface area contributed by atoms with Gasteiger partial charge in [0.1, 0.15) is 0 Å². The van der Waals surface area contributed by atoms with Crippen LogP contribution in [0.4, 0.5) is 0 Å². The Bertz CT molecular complexity index is 164. The fourth-order valence-corrected chi connectivity index (χ4v) is 1.83. The van der Waals surface area contributed by atoms with Crippen LogP contribution < -0.4 is 0 Å². The van der Waals surface area contributed by atoms with Crippen LogP contribution in [0.25, 0.3) is 0 Å². The number of nitrogens with zero attached hydrogens (tertiary/aromatic N) is 2. The molecule has 1 rings (SSSR count). The Morgan fingerprint density at radius 1 is 1.33 bits per heavy atom. The van der Waals surface area contributed by atoms with Crippen LogP contribution in [-0.2, 0) is 4.79 Å². The second kappa shape index (κ2) is 3.44. The number of carbonyl (C=O) groups is 1. The van der Waals surface area contributed by atoms with E-state index in [4.69, 9.17) is 0 Å². The number of carbonyl (C=O) groups excluding carboxylic acids is 1. The minimum absolute atomic E-state index is 0.273. The molecular weight excluding hydrogens is 152 g/mol. The summed E-state index contributed by atoms with van der Waals surface area (Å²) in [6.45, 7) is 0.865. The van der Waals surface area contributed by atoms with Gasteiger partial charge < -0.3 is 9.80 Å². The van der Waals surface area contributed by atoms with E-state index in [0.717, 1.165) is 13.0 Å². The summed E-state index contributed by atoms with van der Waals surface area (Å²) in [5, 5.41) is 0. The molecule has 0 atom stereocenters. The van der Waals surface area contributed by atoms with Crippen LogP contribution in [0, 0.1) is 0 Å². The zero-order chi connectivity index (χ0) is 9.19. The van der Waals surface area contributed by atoms with Crippen LogP contribution in [-0.4, -0.2) is 49.4 Å². The molecule has 1 aliphatic rings. The van der Waals surface area contributed by atoms with Gasteiger partial charge in [0.25, 0.3) is 0 Å². The van der Waals surface area contributed by atoms with Crippen molar-refractivity contribution in [2.75, 3.05) is 27.7 Å². The lowest BCUT2D eigenvalue weighted by Gasteiger charge is -2.48. The molecule has 0 spiro atoms. The molecule has 0 N–H and O–H groups in total. The van der Waals surface area contributed by atoms with Gasteiger partial charge in [-0.05, 0) is 33.4 Å².